The van der Waals surface area contributed by atoms with Gasteiger partial charge in [-0.1, -0.05) is 62.4 Å². The second kappa shape index (κ2) is 9.36. The van der Waals surface area contributed by atoms with Crippen LogP contribution in [0.25, 0.3) is 11.1 Å². The first kappa shape index (κ1) is 25.1. The number of hydrogen-bond donors (Lipinski definition) is 3. The molecule has 1 aliphatic rings. The Bertz CT molecular complexity index is 1060. The van der Waals surface area contributed by atoms with Crippen molar-refractivity contribution in [2.24, 2.45) is 5.92 Å². The Kier molecular flexibility index (Phi) is 6.90. The maximum atomic E-state index is 13.8. The van der Waals surface area contributed by atoms with Gasteiger partial charge in [-0.15, -0.1) is 0 Å². The summed E-state index contributed by atoms with van der Waals surface area (Å²) >= 11 is 0. The van der Waals surface area contributed by atoms with E-state index in [1.165, 1.54) is 13.8 Å². The van der Waals surface area contributed by atoms with Crippen molar-refractivity contribution in [3.8, 4) is 11.1 Å². The molecule has 34 heavy (non-hydrogen) atoms. The number of rotatable bonds is 7. The number of ether oxygens (including phenoxy) is 1. The van der Waals surface area contributed by atoms with Crippen molar-refractivity contribution < 1.29 is 37.4 Å². The number of benzene rings is 2. The molecular formula is C24H25F3N2O5. The zero-order valence-corrected chi connectivity index (χ0v) is 18.8. The van der Waals surface area contributed by atoms with Crippen molar-refractivity contribution >= 4 is 18.0 Å². The first-order chi connectivity index (χ1) is 15.9. The van der Waals surface area contributed by atoms with E-state index in [1.54, 1.807) is 5.32 Å². The lowest BCUT2D eigenvalue weighted by Gasteiger charge is -2.33. The molecule has 0 spiro atoms. The van der Waals surface area contributed by atoms with Gasteiger partial charge in [-0.25, -0.2) is 9.59 Å². The maximum Gasteiger partial charge on any atom is 0.420 e. The van der Waals surface area contributed by atoms with E-state index in [1.807, 2.05) is 53.8 Å². The highest BCUT2D eigenvalue weighted by Crippen LogP contribution is 2.44. The molecule has 0 saturated heterocycles. The fraction of sp³-hybridized carbons (Fsp3) is 0.375. The molecule has 3 rings (SSSR count). The molecule has 0 aromatic heterocycles. The number of alkyl halides is 3. The minimum absolute atomic E-state index is 0.251. The summed E-state index contributed by atoms with van der Waals surface area (Å²) in [5, 5.41) is 12.7. The van der Waals surface area contributed by atoms with Gasteiger partial charge < -0.3 is 15.2 Å². The van der Waals surface area contributed by atoms with Crippen LogP contribution in [-0.2, 0) is 14.3 Å². The van der Waals surface area contributed by atoms with Gasteiger partial charge >= 0.3 is 18.2 Å². The maximum absolute atomic E-state index is 13.8. The Morgan fingerprint density at radius 3 is 1.94 bits per heavy atom. The Labute approximate surface area is 194 Å². The molecule has 7 nitrogen and oxygen atoms in total. The van der Waals surface area contributed by atoms with Gasteiger partial charge in [0.15, 0.2) is 0 Å². The molecule has 0 radical (unpaired) electrons. The number of aliphatic carboxylic acids is 1. The van der Waals surface area contributed by atoms with Gasteiger partial charge in [-0.3, -0.25) is 10.1 Å². The van der Waals surface area contributed by atoms with Crippen LogP contribution in [0.2, 0.25) is 0 Å². The van der Waals surface area contributed by atoms with Crippen LogP contribution < -0.4 is 10.6 Å². The number of halogens is 3. The van der Waals surface area contributed by atoms with E-state index >= 15 is 0 Å². The molecule has 0 aliphatic heterocycles. The number of alkyl carbamates (subject to hydrolysis) is 1. The molecule has 0 bridgehead atoms. The fourth-order valence-corrected chi connectivity index (χ4v) is 3.89. The lowest BCUT2D eigenvalue weighted by molar-refractivity contribution is -0.195. The topological polar surface area (TPSA) is 105 Å². The Morgan fingerprint density at radius 1 is 1.00 bits per heavy atom. The van der Waals surface area contributed by atoms with E-state index in [0.717, 1.165) is 22.3 Å². The van der Waals surface area contributed by atoms with Gasteiger partial charge in [0.1, 0.15) is 12.6 Å². The first-order valence-corrected chi connectivity index (χ1v) is 10.6. The molecule has 0 heterocycles. The molecule has 2 aromatic carbocycles. The number of carbonyl (C=O) groups excluding carboxylic acids is 2. The van der Waals surface area contributed by atoms with Crippen molar-refractivity contribution in [1.82, 2.24) is 10.6 Å². The predicted molar refractivity (Wildman–Crippen MR) is 117 cm³/mol. The predicted octanol–water partition coefficient (Wildman–Crippen LogP) is 4.07. The Hall–Kier alpha value is -3.56. The van der Waals surface area contributed by atoms with E-state index in [4.69, 9.17) is 4.74 Å². The molecule has 2 aromatic rings. The van der Waals surface area contributed by atoms with Gasteiger partial charge in [-0.05, 0) is 35.1 Å². The summed E-state index contributed by atoms with van der Waals surface area (Å²) in [6, 6.07) is 13.3. The largest absolute Gasteiger partial charge is 0.480 e. The van der Waals surface area contributed by atoms with Crippen molar-refractivity contribution in [2.45, 2.75) is 44.4 Å². The quantitative estimate of drug-likeness (QED) is 0.557. The summed E-state index contributed by atoms with van der Waals surface area (Å²) < 4.78 is 46.6. The van der Waals surface area contributed by atoms with Crippen LogP contribution in [-0.4, -0.2) is 47.4 Å². The van der Waals surface area contributed by atoms with Crippen molar-refractivity contribution in [1.29, 1.82) is 0 Å². The third-order valence-electron chi connectivity index (χ3n) is 5.94. The Balaban J connectivity index is 1.76. The van der Waals surface area contributed by atoms with Crippen LogP contribution in [0.15, 0.2) is 48.5 Å². The minimum atomic E-state index is -5.22. The standard InChI is InChI=1S/C24H25F3N2O5/c1-13(2)19(20(30)31)28-21(32)23(3,24(25,26)27)29-22(33)34-12-18-16-10-6-4-8-14(16)15-9-5-7-11-17(15)18/h4-11,13,18-19H,12H2,1-3H3,(H,28,32)(H,29,33)(H,30,31). The minimum Gasteiger partial charge on any atom is -0.480 e. The molecule has 2 unspecified atom stereocenters. The fourth-order valence-electron chi connectivity index (χ4n) is 3.89. The van der Waals surface area contributed by atoms with Crippen molar-refractivity contribution in [2.75, 3.05) is 6.61 Å². The summed E-state index contributed by atoms with van der Waals surface area (Å²) in [4.78, 5) is 36.2. The highest BCUT2D eigenvalue weighted by atomic mass is 19.4. The number of hydrogen-bond acceptors (Lipinski definition) is 4. The van der Waals surface area contributed by atoms with Crippen LogP contribution in [0.1, 0.15) is 37.8 Å². The van der Waals surface area contributed by atoms with Crippen LogP contribution in [0.3, 0.4) is 0 Å². The highest BCUT2D eigenvalue weighted by Gasteiger charge is 2.59. The zero-order valence-electron chi connectivity index (χ0n) is 18.8. The van der Waals surface area contributed by atoms with E-state index in [0.29, 0.717) is 6.92 Å². The van der Waals surface area contributed by atoms with Crippen LogP contribution in [0.5, 0.6) is 0 Å². The normalized spacial score (nSPS) is 15.6. The van der Waals surface area contributed by atoms with Crippen LogP contribution in [0.4, 0.5) is 18.0 Å². The molecule has 1 aliphatic carbocycles. The second-order valence-corrected chi connectivity index (χ2v) is 8.61. The van der Waals surface area contributed by atoms with E-state index < -0.39 is 41.6 Å². The molecule has 10 heteroatoms. The summed E-state index contributed by atoms with van der Waals surface area (Å²) in [6.07, 6.45) is -6.67. The average molecular weight is 478 g/mol. The lowest BCUT2D eigenvalue weighted by atomic mass is 9.97. The van der Waals surface area contributed by atoms with E-state index in [2.05, 4.69) is 0 Å². The van der Waals surface area contributed by atoms with Gasteiger partial charge in [0.25, 0.3) is 5.91 Å². The zero-order chi connectivity index (χ0) is 25.3. The van der Waals surface area contributed by atoms with Gasteiger partial charge in [-0.2, -0.15) is 13.2 Å². The second-order valence-electron chi connectivity index (χ2n) is 8.61. The summed E-state index contributed by atoms with van der Waals surface area (Å²) in [6.45, 7) is 3.08. The third-order valence-corrected chi connectivity index (χ3v) is 5.94. The van der Waals surface area contributed by atoms with E-state index in [-0.39, 0.29) is 12.5 Å². The molecule has 2 amide bonds. The Morgan fingerprint density at radius 2 is 1.50 bits per heavy atom. The molecule has 3 N–H and O–H groups in total. The third kappa shape index (κ3) is 4.71. The lowest BCUT2D eigenvalue weighted by Crippen LogP contribution is -2.67. The number of carbonyl (C=O) groups is 3. The number of carboxylic acid groups (broad SMARTS) is 1. The van der Waals surface area contributed by atoms with Crippen LogP contribution >= 0.6 is 0 Å². The number of nitrogens with one attached hydrogen (secondary N) is 2. The molecule has 182 valence electrons. The SMILES string of the molecule is CC(C)C(NC(=O)C(C)(NC(=O)OCC1c2ccccc2-c2ccccc21)C(F)(F)F)C(=O)O. The van der Waals surface area contributed by atoms with Gasteiger partial charge in [0.05, 0.1) is 0 Å². The van der Waals surface area contributed by atoms with Crippen LogP contribution in [0, 0.1) is 5.92 Å². The number of amides is 2. The average Bonchev–Trinajstić information content (AvgIpc) is 3.08. The van der Waals surface area contributed by atoms with Crippen molar-refractivity contribution in [3.63, 3.8) is 0 Å². The smallest absolute Gasteiger partial charge is 0.420 e. The van der Waals surface area contributed by atoms with Crippen molar-refractivity contribution in [3.05, 3.63) is 59.7 Å². The molecule has 0 fully saturated rings. The summed E-state index contributed by atoms with van der Waals surface area (Å²) in [5.41, 5.74) is 0.223. The number of fused-ring (bicyclic) bond motifs is 3. The van der Waals surface area contributed by atoms with Gasteiger partial charge in [0.2, 0.25) is 5.54 Å². The first-order valence-electron chi connectivity index (χ1n) is 10.6. The summed E-state index contributed by atoms with van der Waals surface area (Å²) in [5.74, 6) is -4.27. The number of carboxylic acids is 1. The highest BCUT2D eigenvalue weighted by molar-refractivity contribution is 5.93. The monoisotopic (exact) mass is 478 g/mol. The molecule has 2 atom stereocenters. The molecule has 0 saturated carbocycles. The summed E-state index contributed by atoms with van der Waals surface area (Å²) in [7, 11) is 0. The van der Waals surface area contributed by atoms with Gasteiger partial charge in [0, 0.05) is 5.92 Å². The molecular weight excluding hydrogens is 453 g/mol. The van der Waals surface area contributed by atoms with E-state index in [9.17, 15) is 32.7 Å².